The third-order valence-electron chi connectivity index (χ3n) is 2.97. The molecule has 0 bridgehead atoms. The highest BCUT2D eigenvalue weighted by atomic mass is 19.1. The van der Waals surface area contributed by atoms with Gasteiger partial charge in [0.1, 0.15) is 5.82 Å². The summed E-state index contributed by atoms with van der Waals surface area (Å²) in [4.78, 5) is 22.5. The summed E-state index contributed by atoms with van der Waals surface area (Å²) < 4.78 is 13.5. The second-order valence-corrected chi connectivity index (χ2v) is 4.71. The molecular formula is C16H14FNO3. The normalized spacial score (nSPS) is 10.2. The van der Waals surface area contributed by atoms with Gasteiger partial charge in [0.15, 0.2) is 0 Å². The highest BCUT2D eigenvalue weighted by Crippen LogP contribution is 2.15. The molecule has 0 atom stereocenters. The van der Waals surface area contributed by atoms with E-state index >= 15 is 0 Å². The average molecular weight is 287 g/mol. The van der Waals surface area contributed by atoms with Crippen LogP contribution in [0.15, 0.2) is 42.5 Å². The van der Waals surface area contributed by atoms with E-state index < -0.39 is 17.3 Å². The number of amides is 1. The SMILES string of the molecule is Cc1ccc(CC(=O)Nc2ccc(C(=O)O)c(F)c2)cc1. The summed E-state index contributed by atoms with van der Waals surface area (Å²) in [5, 5.41) is 11.3. The van der Waals surface area contributed by atoms with Crippen LogP contribution in [-0.4, -0.2) is 17.0 Å². The van der Waals surface area contributed by atoms with Gasteiger partial charge in [0.2, 0.25) is 5.91 Å². The van der Waals surface area contributed by atoms with Crippen molar-refractivity contribution < 1.29 is 19.1 Å². The molecule has 2 aromatic carbocycles. The molecule has 108 valence electrons. The molecule has 0 aliphatic carbocycles. The van der Waals surface area contributed by atoms with Gasteiger partial charge in [0, 0.05) is 5.69 Å². The zero-order valence-electron chi connectivity index (χ0n) is 11.4. The predicted octanol–water partition coefficient (Wildman–Crippen LogP) is 3.01. The highest BCUT2D eigenvalue weighted by Gasteiger charge is 2.11. The Morgan fingerprint density at radius 3 is 2.38 bits per heavy atom. The quantitative estimate of drug-likeness (QED) is 0.908. The van der Waals surface area contributed by atoms with Crippen molar-refractivity contribution in [1.82, 2.24) is 0 Å². The van der Waals surface area contributed by atoms with Crippen LogP contribution in [-0.2, 0) is 11.2 Å². The van der Waals surface area contributed by atoms with Crippen LogP contribution in [0.4, 0.5) is 10.1 Å². The van der Waals surface area contributed by atoms with Crippen molar-refractivity contribution in [3.8, 4) is 0 Å². The fraction of sp³-hybridized carbons (Fsp3) is 0.125. The molecule has 1 amide bonds. The van der Waals surface area contributed by atoms with Gasteiger partial charge in [-0.15, -0.1) is 0 Å². The molecule has 4 nitrogen and oxygen atoms in total. The fourth-order valence-corrected chi connectivity index (χ4v) is 1.86. The molecule has 0 aliphatic rings. The van der Waals surface area contributed by atoms with Crippen LogP contribution in [0, 0.1) is 12.7 Å². The molecule has 0 radical (unpaired) electrons. The molecule has 0 unspecified atom stereocenters. The van der Waals surface area contributed by atoms with E-state index in [0.717, 1.165) is 23.3 Å². The molecule has 2 aromatic rings. The third-order valence-corrected chi connectivity index (χ3v) is 2.97. The number of anilines is 1. The maximum atomic E-state index is 13.5. The topological polar surface area (TPSA) is 66.4 Å². The Balaban J connectivity index is 2.04. The van der Waals surface area contributed by atoms with Crippen LogP contribution >= 0.6 is 0 Å². The molecule has 0 aliphatic heterocycles. The minimum Gasteiger partial charge on any atom is -0.478 e. The average Bonchev–Trinajstić information content (AvgIpc) is 2.41. The summed E-state index contributed by atoms with van der Waals surface area (Å²) >= 11 is 0. The first-order chi connectivity index (χ1) is 9.95. The summed E-state index contributed by atoms with van der Waals surface area (Å²) in [6.07, 6.45) is 0.169. The van der Waals surface area contributed by atoms with Gasteiger partial charge >= 0.3 is 5.97 Å². The minimum atomic E-state index is -1.34. The highest BCUT2D eigenvalue weighted by molar-refractivity contribution is 5.93. The van der Waals surface area contributed by atoms with Crippen molar-refractivity contribution in [3.05, 3.63) is 65.0 Å². The van der Waals surface area contributed by atoms with E-state index in [1.165, 1.54) is 6.07 Å². The molecule has 2 rings (SSSR count). The molecule has 2 N–H and O–H groups in total. The lowest BCUT2D eigenvalue weighted by atomic mass is 10.1. The number of carbonyl (C=O) groups is 2. The number of aromatic carboxylic acids is 1. The van der Waals surface area contributed by atoms with Crippen LogP contribution in [0.5, 0.6) is 0 Å². The molecule has 5 heteroatoms. The van der Waals surface area contributed by atoms with Gasteiger partial charge in [-0.1, -0.05) is 29.8 Å². The van der Waals surface area contributed by atoms with E-state index in [9.17, 15) is 14.0 Å². The van der Waals surface area contributed by atoms with Gasteiger partial charge in [-0.2, -0.15) is 0 Å². The monoisotopic (exact) mass is 287 g/mol. The number of benzene rings is 2. The van der Waals surface area contributed by atoms with Gasteiger partial charge in [0.05, 0.1) is 12.0 Å². The Hall–Kier alpha value is -2.69. The standard InChI is InChI=1S/C16H14FNO3/c1-10-2-4-11(5-3-10)8-15(19)18-12-6-7-13(16(20)21)14(17)9-12/h2-7,9H,8H2,1H3,(H,18,19)(H,20,21). The van der Waals surface area contributed by atoms with Crippen molar-refractivity contribution in [2.24, 2.45) is 0 Å². The smallest absolute Gasteiger partial charge is 0.338 e. The van der Waals surface area contributed by atoms with Crippen molar-refractivity contribution in [2.45, 2.75) is 13.3 Å². The van der Waals surface area contributed by atoms with Gasteiger partial charge in [-0.25, -0.2) is 9.18 Å². The van der Waals surface area contributed by atoms with Crippen molar-refractivity contribution in [3.63, 3.8) is 0 Å². The van der Waals surface area contributed by atoms with E-state index in [1.54, 1.807) is 0 Å². The molecule has 0 heterocycles. The van der Waals surface area contributed by atoms with E-state index in [-0.39, 0.29) is 18.0 Å². The van der Waals surface area contributed by atoms with Crippen molar-refractivity contribution >= 4 is 17.6 Å². The number of halogens is 1. The van der Waals surface area contributed by atoms with Crippen LogP contribution < -0.4 is 5.32 Å². The molecule has 0 spiro atoms. The van der Waals surface area contributed by atoms with E-state index in [2.05, 4.69) is 5.32 Å². The molecule has 0 saturated heterocycles. The Bertz CT molecular complexity index is 680. The number of carbonyl (C=O) groups excluding carboxylic acids is 1. The first kappa shape index (κ1) is 14.7. The number of nitrogens with one attached hydrogen (secondary N) is 1. The lowest BCUT2D eigenvalue weighted by molar-refractivity contribution is -0.115. The Labute approximate surface area is 121 Å². The number of carboxylic acids is 1. The Morgan fingerprint density at radius 1 is 1.14 bits per heavy atom. The number of hydrogen-bond donors (Lipinski definition) is 2. The van der Waals surface area contributed by atoms with E-state index in [1.807, 2.05) is 31.2 Å². The summed E-state index contributed by atoms with van der Waals surface area (Å²) in [7, 11) is 0. The minimum absolute atomic E-state index is 0.169. The number of aryl methyl sites for hydroxylation is 1. The van der Waals surface area contributed by atoms with Gasteiger partial charge < -0.3 is 10.4 Å². The largest absolute Gasteiger partial charge is 0.478 e. The molecule has 0 saturated carbocycles. The molecule has 0 fully saturated rings. The molecule has 21 heavy (non-hydrogen) atoms. The first-order valence-electron chi connectivity index (χ1n) is 6.34. The number of hydrogen-bond acceptors (Lipinski definition) is 2. The predicted molar refractivity (Wildman–Crippen MR) is 76.9 cm³/mol. The molecule has 0 aromatic heterocycles. The zero-order chi connectivity index (χ0) is 15.4. The summed E-state index contributed by atoms with van der Waals surface area (Å²) in [5.41, 5.74) is 1.76. The second kappa shape index (κ2) is 6.17. The number of rotatable bonds is 4. The summed E-state index contributed by atoms with van der Waals surface area (Å²) in [6.45, 7) is 1.95. The summed E-state index contributed by atoms with van der Waals surface area (Å²) in [6, 6.07) is 11.0. The van der Waals surface area contributed by atoms with Crippen LogP contribution in [0.3, 0.4) is 0 Å². The van der Waals surface area contributed by atoms with Gasteiger partial charge in [0.25, 0.3) is 0 Å². The lowest BCUT2D eigenvalue weighted by Gasteiger charge is -2.07. The van der Waals surface area contributed by atoms with E-state index in [0.29, 0.717) is 0 Å². The maximum absolute atomic E-state index is 13.5. The summed E-state index contributed by atoms with van der Waals surface area (Å²) in [5.74, 6) is -2.51. The molecular weight excluding hydrogens is 273 g/mol. The second-order valence-electron chi connectivity index (χ2n) is 4.71. The van der Waals surface area contributed by atoms with Crippen molar-refractivity contribution in [2.75, 3.05) is 5.32 Å². The lowest BCUT2D eigenvalue weighted by Crippen LogP contribution is -2.15. The van der Waals surface area contributed by atoms with Crippen LogP contribution in [0.2, 0.25) is 0 Å². The van der Waals surface area contributed by atoms with Crippen LogP contribution in [0.1, 0.15) is 21.5 Å². The first-order valence-corrected chi connectivity index (χ1v) is 6.34. The van der Waals surface area contributed by atoms with Crippen molar-refractivity contribution in [1.29, 1.82) is 0 Å². The Kier molecular flexibility index (Phi) is 4.33. The van der Waals surface area contributed by atoms with E-state index in [4.69, 9.17) is 5.11 Å². The third kappa shape index (κ3) is 3.89. The Morgan fingerprint density at radius 2 is 1.81 bits per heavy atom. The van der Waals surface area contributed by atoms with Gasteiger partial charge in [-0.3, -0.25) is 4.79 Å². The van der Waals surface area contributed by atoms with Crippen LogP contribution in [0.25, 0.3) is 0 Å². The fourth-order valence-electron chi connectivity index (χ4n) is 1.86. The zero-order valence-corrected chi connectivity index (χ0v) is 11.4. The number of carboxylic acid groups (broad SMARTS) is 1. The maximum Gasteiger partial charge on any atom is 0.338 e. The van der Waals surface area contributed by atoms with Gasteiger partial charge in [-0.05, 0) is 30.7 Å².